The number of nitrogens with zero attached hydrogens (tertiary/aromatic N) is 2. The van der Waals surface area contributed by atoms with Crippen molar-refractivity contribution >= 4 is 61.4 Å². The fourth-order valence-corrected chi connectivity index (χ4v) is 3.71. The van der Waals surface area contributed by atoms with Gasteiger partial charge in [0.1, 0.15) is 16.4 Å². The van der Waals surface area contributed by atoms with Crippen LogP contribution in [-0.2, 0) is 0 Å². The van der Waals surface area contributed by atoms with E-state index in [1.165, 1.54) is 11.3 Å². The van der Waals surface area contributed by atoms with Crippen molar-refractivity contribution in [1.82, 2.24) is 9.97 Å². The first-order valence-electron chi connectivity index (χ1n) is 5.55. The highest BCUT2D eigenvalue weighted by atomic mass is 79.9. The van der Waals surface area contributed by atoms with Gasteiger partial charge in [0.2, 0.25) is 0 Å². The van der Waals surface area contributed by atoms with E-state index in [4.69, 9.17) is 27.9 Å². The Morgan fingerprint density at radius 2 is 1.95 bits per heavy atom. The van der Waals surface area contributed by atoms with Crippen LogP contribution in [0.5, 0.6) is 5.75 Å². The van der Waals surface area contributed by atoms with Crippen LogP contribution in [0, 0.1) is 0 Å². The molecule has 0 aliphatic heterocycles. The average molecular weight is 390 g/mol. The van der Waals surface area contributed by atoms with E-state index < -0.39 is 0 Å². The molecule has 0 radical (unpaired) electrons. The quantitative estimate of drug-likeness (QED) is 0.547. The Hall–Kier alpha value is -0.880. The lowest BCUT2D eigenvalue weighted by Gasteiger charge is -2.08. The molecule has 0 fully saturated rings. The fraction of sp³-hybridized carbons (Fsp3) is 0.0769. The molecule has 0 N–H and O–H groups in total. The van der Waals surface area contributed by atoms with Crippen LogP contribution >= 0.6 is 50.5 Å². The molecule has 0 saturated heterocycles. The lowest BCUT2D eigenvalue weighted by Crippen LogP contribution is -1.94. The van der Waals surface area contributed by atoms with Crippen molar-refractivity contribution in [1.29, 1.82) is 0 Å². The normalized spacial score (nSPS) is 11.0. The van der Waals surface area contributed by atoms with Gasteiger partial charge < -0.3 is 4.74 Å². The Bertz CT molecular complexity index is 806. The van der Waals surface area contributed by atoms with Gasteiger partial charge in [0.15, 0.2) is 5.82 Å². The first-order valence-corrected chi connectivity index (χ1v) is 7.92. The number of aromatic nitrogens is 2. The molecular formula is C13H7BrCl2N2OS. The minimum atomic E-state index is 0.375. The summed E-state index contributed by atoms with van der Waals surface area (Å²) in [6.45, 7) is 0. The van der Waals surface area contributed by atoms with E-state index in [9.17, 15) is 0 Å². The summed E-state index contributed by atoms with van der Waals surface area (Å²) in [4.78, 5) is 9.76. The van der Waals surface area contributed by atoms with Crippen LogP contribution < -0.4 is 4.74 Å². The van der Waals surface area contributed by atoms with Crippen LogP contribution in [0.2, 0.25) is 9.49 Å². The van der Waals surface area contributed by atoms with Gasteiger partial charge in [-0.2, -0.15) is 0 Å². The first-order chi connectivity index (χ1) is 9.60. The number of thiophene rings is 1. The van der Waals surface area contributed by atoms with Crippen LogP contribution in [0.3, 0.4) is 0 Å². The molecule has 3 nitrogen and oxygen atoms in total. The number of benzene rings is 1. The lowest BCUT2D eigenvalue weighted by atomic mass is 10.2. The van der Waals surface area contributed by atoms with Gasteiger partial charge >= 0.3 is 0 Å². The van der Waals surface area contributed by atoms with Gasteiger partial charge in [0.05, 0.1) is 21.7 Å². The Labute approximate surface area is 137 Å². The van der Waals surface area contributed by atoms with Gasteiger partial charge in [0.25, 0.3) is 0 Å². The van der Waals surface area contributed by atoms with E-state index in [-0.39, 0.29) is 0 Å². The van der Waals surface area contributed by atoms with Gasteiger partial charge in [-0.05, 0) is 40.2 Å². The fourth-order valence-electron chi connectivity index (χ4n) is 1.84. The largest absolute Gasteiger partial charge is 0.494 e. The van der Waals surface area contributed by atoms with Crippen LogP contribution in [0.1, 0.15) is 0 Å². The molecule has 0 saturated carbocycles. The first kappa shape index (κ1) is 14.1. The van der Waals surface area contributed by atoms with Gasteiger partial charge in [-0.25, -0.2) is 9.97 Å². The summed E-state index contributed by atoms with van der Waals surface area (Å²) >= 11 is 17.1. The number of ether oxygens (including phenoxy) is 1. The highest BCUT2D eigenvalue weighted by Gasteiger charge is 2.15. The van der Waals surface area contributed by atoms with E-state index in [1.807, 2.05) is 18.2 Å². The maximum Gasteiger partial charge on any atom is 0.171 e. The molecule has 3 aromatic rings. The smallest absolute Gasteiger partial charge is 0.171 e. The van der Waals surface area contributed by atoms with Crippen molar-refractivity contribution in [3.8, 4) is 16.5 Å². The Balaban J connectivity index is 2.32. The molecule has 0 spiro atoms. The molecule has 20 heavy (non-hydrogen) atoms. The summed E-state index contributed by atoms with van der Waals surface area (Å²) < 4.78 is 6.85. The summed E-state index contributed by atoms with van der Waals surface area (Å²) in [7, 11) is 1.60. The summed E-state index contributed by atoms with van der Waals surface area (Å²) in [5, 5.41) is 1.11. The van der Waals surface area contributed by atoms with Crippen molar-refractivity contribution in [3.05, 3.63) is 38.2 Å². The molecule has 1 aromatic carbocycles. The van der Waals surface area contributed by atoms with Crippen LogP contribution in [0.25, 0.3) is 21.6 Å². The molecule has 2 aromatic heterocycles. The third-order valence-electron chi connectivity index (χ3n) is 2.73. The van der Waals surface area contributed by atoms with E-state index in [0.717, 1.165) is 14.7 Å². The molecule has 3 rings (SSSR count). The summed E-state index contributed by atoms with van der Waals surface area (Å²) in [5.74, 6) is 1.19. The number of halogens is 3. The second kappa shape index (κ2) is 5.48. The van der Waals surface area contributed by atoms with Gasteiger partial charge in [-0.1, -0.05) is 23.2 Å². The number of hydrogen-bond acceptors (Lipinski definition) is 4. The molecule has 2 heterocycles. The SMILES string of the molecule is COc1ccc(Br)c2c(Cl)nc(-c3ccc(Cl)s3)nc12. The average Bonchev–Trinajstić information content (AvgIpc) is 2.85. The molecule has 0 atom stereocenters. The zero-order valence-corrected chi connectivity index (χ0v) is 14.1. The molecule has 0 aliphatic carbocycles. The minimum absolute atomic E-state index is 0.375. The molecule has 0 unspecified atom stereocenters. The maximum absolute atomic E-state index is 6.29. The van der Waals surface area contributed by atoms with E-state index in [0.29, 0.717) is 26.6 Å². The molecule has 7 heteroatoms. The summed E-state index contributed by atoms with van der Waals surface area (Å²) in [6, 6.07) is 7.37. The van der Waals surface area contributed by atoms with E-state index in [1.54, 1.807) is 13.2 Å². The predicted molar refractivity (Wildman–Crippen MR) is 87.1 cm³/mol. The number of hydrogen-bond donors (Lipinski definition) is 0. The molecular weight excluding hydrogens is 383 g/mol. The minimum Gasteiger partial charge on any atom is -0.494 e. The van der Waals surface area contributed by atoms with Gasteiger partial charge in [-0.3, -0.25) is 0 Å². The Morgan fingerprint density at radius 3 is 2.60 bits per heavy atom. The van der Waals surface area contributed by atoms with Gasteiger partial charge in [0, 0.05) is 4.47 Å². The maximum atomic E-state index is 6.29. The van der Waals surface area contributed by atoms with E-state index in [2.05, 4.69) is 25.9 Å². The lowest BCUT2D eigenvalue weighted by molar-refractivity contribution is 0.419. The predicted octanol–water partition coefficient (Wildman–Crippen LogP) is 5.44. The molecule has 102 valence electrons. The standard InChI is InChI=1S/C13H7BrCl2N2OS/c1-19-7-3-2-6(14)10-11(7)17-13(18-12(10)16)8-4-5-9(15)20-8/h2-5H,1H3. The van der Waals surface area contributed by atoms with E-state index >= 15 is 0 Å². The summed E-state index contributed by atoms with van der Waals surface area (Å²) in [5.41, 5.74) is 0.668. The highest BCUT2D eigenvalue weighted by molar-refractivity contribution is 9.10. The Kier molecular flexibility index (Phi) is 3.86. The topological polar surface area (TPSA) is 35.0 Å². The van der Waals surface area contributed by atoms with Crippen LogP contribution in [0.4, 0.5) is 0 Å². The zero-order chi connectivity index (χ0) is 14.3. The van der Waals surface area contributed by atoms with Crippen molar-refractivity contribution in [2.24, 2.45) is 0 Å². The second-order valence-electron chi connectivity index (χ2n) is 3.92. The molecule has 0 amide bonds. The molecule has 0 bridgehead atoms. The number of methoxy groups -OCH3 is 1. The van der Waals surface area contributed by atoms with Crippen LogP contribution in [-0.4, -0.2) is 17.1 Å². The summed E-state index contributed by atoms with van der Waals surface area (Å²) in [6.07, 6.45) is 0. The van der Waals surface area contributed by atoms with Crippen molar-refractivity contribution in [3.63, 3.8) is 0 Å². The zero-order valence-electron chi connectivity index (χ0n) is 10.2. The third kappa shape index (κ3) is 2.39. The van der Waals surface area contributed by atoms with Crippen molar-refractivity contribution in [2.75, 3.05) is 7.11 Å². The van der Waals surface area contributed by atoms with Crippen molar-refractivity contribution in [2.45, 2.75) is 0 Å². The van der Waals surface area contributed by atoms with Gasteiger partial charge in [-0.15, -0.1) is 11.3 Å². The third-order valence-corrected chi connectivity index (χ3v) is 4.89. The highest BCUT2D eigenvalue weighted by Crippen LogP contribution is 2.37. The number of rotatable bonds is 2. The van der Waals surface area contributed by atoms with Crippen LogP contribution in [0.15, 0.2) is 28.7 Å². The Morgan fingerprint density at radius 1 is 1.15 bits per heavy atom. The second-order valence-corrected chi connectivity index (χ2v) is 6.84. The molecule has 0 aliphatic rings. The number of fused-ring (bicyclic) bond motifs is 1. The monoisotopic (exact) mass is 388 g/mol. The van der Waals surface area contributed by atoms with Crippen molar-refractivity contribution < 1.29 is 4.74 Å².